The molecular formula is C36H62O6. The van der Waals surface area contributed by atoms with E-state index in [4.69, 9.17) is 9.47 Å². The van der Waals surface area contributed by atoms with Crippen LogP contribution in [-0.2, 0) is 19.1 Å². The second-order valence-electron chi connectivity index (χ2n) is 11.1. The smallest absolute Gasteiger partial charge is 0.305 e. The first-order chi connectivity index (χ1) is 20.5. The predicted octanol–water partition coefficient (Wildman–Crippen LogP) is 8.86. The van der Waals surface area contributed by atoms with Gasteiger partial charge in [-0.1, -0.05) is 133 Å². The van der Waals surface area contributed by atoms with Gasteiger partial charge >= 0.3 is 11.9 Å². The van der Waals surface area contributed by atoms with Gasteiger partial charge in [-0.2, -0.15) is 0 Å². The highest BCUT2D eigenvalue weighted by Crippen LogP contribution is 2.12. The summed E-state index contributed by atoms with van der Waals surface area (Å²) in [5.41, 5.74) is 0. The van der Waals surface area contributed by atoms with Crippen molar-refractivity contribution >= 4 is 11.9 Å². The number of hydrogen-bond donors (Lipinski definition) is 2. The molecule has 0 aliphatic heterocycles. The molecule has 0 heterocycles. The minimum atomic E-state index is -1.03. The van der Waals surface area contributed by atoms with Crippen molar-refractivity contribution in [3.63, 3.8) is 0 Å². The molecule has 42 heavy (non-hydrogen) atoms. The lowest BCUT2D eigenvalue weighted by molar-refractivity contribution is -0.152. The Labute approximate surface area is 257 Å². The summed E-state index contributed by atoms with van der Waals surface area (Å²) in [5.74, 6) is -0.765. The lowest BCUT2D eigenvalue weighted by atomic mass is 10.1. The average Bonchev–Trinajstić information content (AvgIpc) is 2.98. The van der Waals surface area contributed by atoms with Gasteiger partial charge in [0.05, 0.1) is 6.10 Å². The highest BCUT2D eigenvalue weighted by atomic mass is 16.6. The van der Waals surface area contributed by atoms with Crippen LogP contribution >= 0.6 is 0 Å². The lowest BCUT2D eigenvalue weighted by Crippen LogP contribution is -2.25. The lowest BCUT2D eigenvalue weighted by Gasteiger charge is -2.12. The zero-order valence-electron chi connectivity index (χ0n) is 26.9. The fourth-order valence-corrected chi connectivity index (χ4v) is 4.30. The molecule has 0 aromatic carbocycles. The summed E-state index contributed by atoms with van der Waals surface area (Å²) in [7, 11) is 0. The third kappa shape index (κ3) is 30.8. The van der Waals surface area contributed by atoms with Crippen LogP contribution in [0.3, 0.4) is 0 Å². The number of unbranched alkanes of at least 4 members (excludes halogenated alkanes) is 12. The molecule has 0 amide bonds. The molecule has 0 spiro atoms. The van der Waals surface area contributed by atoms with Crippen LogP contribution in [0.2, 0.25) is 0 Å². The van der Waals surface area contributed by atoms with Gasteiger partial charge in [-0.05, 0) is 44.9 Å². The van der Waals surface area contributed by atoms with Crippen LogP contribution < -0.4 is 0 Å². The van der Waals surface area contributed by atoms with E-state index >= 15 is 0 Å². The summed E-state index contributed by atoms with van der Waals surface area (Å²) in [6.45, 7) is 4.06. The maximum Gasteiger partial charge on any atom is 0.305 e. The Bertz CT molecular complexity index is 739. The van der Waals surface area contributed by atoms with E-state index in [9.17, 15) is 19.8 Å². The molecule has 6 nitrogen and oxygen atoms in total. The largest absolute Gasteiger partial charge is 0.463 e. The zero-order chi connectivity index (χ0) is 30.9. The number of hydrogen-bond acceptors (Lipinski definition) is 6. The van der Waals surface area contributed by atoms with Crippen molar-refractivity contribution in [3.05, 3.63) is 48.6 Å². The fourth-order valence-electron chi connectivity index (χ4n) is 4.30. The number of aliphatic hydroxyl groups excluding tert-OH is 2. The minimum Gasteiger partial charge on any atom is -0.463 e. The fraction of sp³-hybridized carbons (Fsp3) is 0.722. The van der Waals surface area contributed by atoms with Crippen LogP contribution in [0.4, 0.5) is 0 Å². The van der Waals surface area contributed by atoms with E-state index in [1.165, 1.54) is 64.2 Å². The monoisotopic (exact) mass is 590 g/mol. The van der Waals surface area contributed by atoms with Crippen molar-refractivity contribution in [2.24, 2.45) is 0 Å². The third-order valence-electron chi connectivity index (χ3n) is 6.92. The molecule has 2 N–H and O–H groups in total. The van der Waals surface area contributed by atoms with E-state index in [0.29, 0.717) is 19.3 Å². The molecule has 0 fully saturated rings. The highest BCUT2D eigenvalue weighted by molar-refractivity contribution is 5.69. The Kier molecular flexibility index (Phi) is 30.1. The van der Waals surface area contributed by atoms with Crippen molar-refractivity contribution in [2.45, 2.75) is 154 Å². The van der Waals surface area contributed by atoms with E-state index in [2.05, 4.69) is 38.2 Å². The molecule has 0 bridgehead atoms. The maximum atomic E-state index is 11.9. The molecule has 0 saturated heterocycles. The maximum absolute atomic E-state index is 11.9. The number of esters is 2. The highest BCUT2D eigenvalue weighted by Gasteiger charge is 2.12. The van der Waals surface area contributed by atoms with Crippen molar-refractivity contribution in [1.29, 1.82) is 0 Å². The molecule has 0 aliphatic rings. The van der Waals surface area contributed by atoms with Gasteiger partial charge in [-0.15, -0.1) is 0 Å². The summed E-state index contributed by atoms with van der Waals surface area (Å²) >= 11 is 0. The molecule has 0 saturated carbocycles. The van der Waals surface area contributed by atoms with Gasteiger partial charge in [-0.3, -0.25) is 9.59 Å². The molecule has 0 aliphatic carbocycles. The van der Waals surface area contributed by atoms with Gasteiger partial charge < -0.3 is 19.7 Å². The Morgan fingerprint density at radius 3 is 1.71 bits per heavy atom. The van der Waals surface area contributed by atoms with Crippen LogP contribution in [0.15, 0.2) is 48.6 Å². The summed E-state index contributed by atoms with van der Waals surface area (Å²) in [5, 5.41) is 20.0. The number of carbonyl (C=O) groups is 2. The number of allylic oxidation sites excluding steroid dienone is 7. The van der Waals surface area contributed by atoms with E-state index in [1.807, 2.05) is 18.2 Å². The summed E-state index contributed by atoms with van der Waals surface area (Å²) in [6.07, 6.45) is 34.8. The third-order valence-corrected chi connectivity index (χ3v) is 6.92. The predicted molar refractivity (Wildman–Crippen MR) is 174 cm³/mol. The summed E-state index contributed by atoms with van der Waals surface area (Å²) in [6, 6.07) is 0. The van der Waals surface area contributed by atoms with Gasteiger partial charge in [-0.25, -0.2) is 0 Å². The van der Waals surface area contributed by atoms with Crippen molar-refractivity contribution in [1.82, 2.24) is 0 Å². The van der Waals surface area contributed by atoms with Crippen LogP contribution in [-0.4, -0.2) is 47.6 Å². The standard InChI is InChI=1S/C36H62O6/c1-3-5-7-9-11-13-15-16-17-18-20-22-24-27-33(37)28-26-30-36(40)42-32-34(38)31-41-35(39)29-25-23-21-19-14-12-10-8-6-4-2/h11,13,16-17,20,22,24,27,33-34,37-38H,3-10,12,14-15,18-19,21,23,25-26,28-32H2,1-2H3/b13-11-,17-16-,22-20-,27-24+/t33-,34-/m1/s1. The van der Waals surface area contributed by atoms with E-state index in [0.717, 1.165) is 38.5 Å². The van der Waals surface area contributed by atoms with Crippen molar-refractivity contribution in [2.75, 3.05) is 13.2 Å². The van der Waals surface area contributed by atoms with Gasteiger partial charge in [0.25, 0.3) is 0 Å². The quantitative estimate of drug-likeness (QED) is 0.0391. The number of rotatable bonds is 29. The number of aliphatic hydroxyl groups is 2. The Balaban J connectivity index is 3.70. The molecule has 242 valence electrons. The molecule has 2 atom stereocenters. The molecule has 0 rings (SSSR count). The van der Waals surface area contributed by atoms with Gasteiger partial charge in [0, 0.05) is 12.8 Å². The Morgan fingerprint density at radius 2 is 1.10 bits per heavy atom. The number of carbonyl (C=O) groups excluding carboxylic acids is 2. The Hall–Kier alpha value is -2.18. The molecule has 0 aromatic heterocycles. The SMILES string of the molecule is CCCCC/C=C\C/C=C\C/C=C\C=C\[C@@H](O)CCCC(=O)OC[C@H](O)COC(=O)CCCCCCCCCCCC. The first-order valence-electron chi connectivity index (χ1n) is 16.8. The normalized spacial score (nSPS) is 13.5. The van der Waals surface area contributed by atoms with E-state index in [1.54, 1.807) is 6.08 Å². The molecule has 0 aromatic rings. The second-order valence-corrected chi connectivity index (χ2v) is 11.1. The molecular weight excluding hydrogens is 528 g/mol. The van der Waals surface area contributed by atoms with Crippen LogP contribution in [0.25, 0.3) is 0 Å². The van der Waals surface area contributed by atoms with Crippen molar-refractivity contribution in [3.8, 4) is 0 Å². The number of ether oxygens (including phenoxy) is 2. The first kappa shape index (κ1) is 39.8. The summed E-state index contributed by atoms with van der Waals surface area (Å²) in [4.78, 5) is 23.8. The van der Waals surface area contributed by atoms with Gasteiger partial charge in [0.2, 0.25) is 0 Å². The minimum absolute atomic E-state index is 0.157. The van der Waals surface area contributed by atoms with Gasteiger partial charge in [0.15, 0.2) is 0 Å². The topological polar surface area (TPSA) is 93.1 Å². The second kappa shape index (κ2) is 31.7. The first-order valence-corrected chi connectivity index (χ1v) is 16.8. The van der Waals surface area contributed by atoms with E-state index in [-0.39, 0.29) is 25.6 Å². The van der Waals surface area contributed by atoms with Crippen LogP contribution in [0.1, 0.15) is 142 Å². The Morgan fingerprint density at radius 1 is 0.595 bits per heavy atom. The molecule has 6 heteroatoms. The van der Waals surface area contributed by atoms with Gasteiger partial charge in [0.1, 0.15) is 19.3 Å². The zero-order valence-corrected chi connectivity index (χ0v) is 26.9. The molecule has 0 unspecified atom stereocenters. The molecule has 0 radical (unpaired) electrons. The van der Waals surface area contributed by atoms with E-state index < -0.39 is 18.2 Å². The van der Waals surface area contributed by atoms with Crippen molar-refractivity contribution < 1.29 is 29.3 Å². The summed E-state index contributed by atoms with van der Waals surface area (Å²) < 4.78 is 10.2. The van der Waals surface area contributed by atoms with Crippen LogP contribution in [0, 0.1) is 0 Å². The average molecular weight is 591 g/mol. The van der Waals surface area contributed by atoms with Crippen LogP contribution in [0.5, 0.6) is 0 Å².